The Balaban J connectivity index is 2.15. The van der Waals surface area contributed by atoms with E-state index >= 15 is 0 Å². The van der Waals surface area contributed by atoms with Crippen LogP contribution in [0.1, 0.15) is 5.69 Å². The Hall–Kier alpha value is -1.42. The van der Waals surface area contributed by atoms with E-state index in [4.69, 9.17) is 11.6 Å². The first-order valence-corrected chi connectivity index (χ1v) is 4.14. The van der Waals surface area contributed by atoms with Gasteiger partial charge in [-0.25, -0.2) is 9.97 Å². The molecule has 2 rings (SSSR count). The van der Waals surface area contributed by atoms with Gasteiger partial charge >= 0.3 is 0 Å². The summed E-state index contributed by atoms with van der Waals surface area (Å²) in [6.45, 7) is 0.671. The molecule has 0 spiro atoms. The molecule has 4 nitrogen and oxygen atoms in total. The predicted octanol–water partition coefficient (Wildman–Crippen LogP) is 1.37. The van der Waals surface area contributed by atoms with Crippen molar-refractivity contribution in [1.82, 2.24) is 19.5 Å². The van der Waals surface area contributed by atoms with Crippen molar-refractivity contribution < 1.29 is 0 Å². The molecule has 2 heterocycles. The number of hydrogen-bond acceptors (Lipinski definition) is 3. The third-order valence-corrected chi connectivity index (χ3v) is 1.77. The third kappa shape index (κ3) is 2.03. The van der Waals surface area contributed by atoms with Crippen LogP contribution in [0.3, 0.4) is 0 Å². The lowest BCUT2D eigenvalue weighted by Crippen LogP contribution is -1.99. The molecule has 0 N–H and O–H groups in total. The fourth-order valence-corrected chi connectivity index (χ4v) is 1.09. The van der Waals surface area contributed by atoms with Crippen molar-refractivity contribution in [3.63, 3.8) is 0 Å². The smallest absolute Gasteiger partial charge is 0.147 e. The summed E-state index contributed by atoms with van der Waals surface area (Å²) in [4.78, 5) is 12.0. The van der Waals surface area contributed by atoms with Gasteiger partial charge in [-0.05, 0) is 0 Å². The summed E-state index contributed by atoms with van der Waals surface area (Å²) >= 11 is 5.60. The molecule has 0 radical (unpaired) electrons. The minimum Gasteiger partial charge on any atom is -0.331 e. The van der Waals surface area contributed by atoms with Crippen LogP contribution in [0.2, 0.25) is 5.15 Å². The molecular formula is C8H7ClN4. The highest BCUT2D eigenvalue weighted by Gasteiger charge is 1.96. The molecule has 0 atom stereocenters. The molecule has 0 aliphatic heterocycles. The lowest BCUT2D eigenvalue weighted by molar-refractivity contribution is 0.767. The second-order valence-electron chi connectivity index (χ2n) is 2.57. The van der Waals surface area contributed by atoms with Crippen molar-refractivity contribution in [3.8, 4) is 0 Å². The van der Waals surface area contributed by atoms with Gasteiger partial charge in [0.1, 0.15) is 5.15 Å². The van der Waals surface area contributed by atoms with Gasteiger partial charge in [-0.1, -0.05) is 11.6 Å². The van der Waals surface area contributed by atoms with Crippen molar-refractivity contribution in [2.24, 2.45) is 0 Å². The number of imidazole rings is 1. The van der Waals surface area contributed by atoms with Gasteiger partial charge in [-0.15, -0.1) is 0 Å². The molecule has 5 heteroatoms. The zero-order valence-corrected chi connectivity index (χ0v) is 7.52. The van der Waals surface area contributed by atoms with E-state index in [9.17, 15) is 0 Å². The molecule has 66 valence electrons. The Labute approximate surface area is 80.2 Å². The zero-order chi connectivity index (χ0) is 9.10. The summed E-state index contributed by atoms with van der Waals surface area (Å²) < 4.78 is 1.91. The molecule has 0 bridgehead atoms. The summed E-state index contributed by atoms with van der Waals surface area (Å²) in [5.74, 6) is 0. The van der Waals surface area contributed by atoms with Gasteiger partial charge in [-0.2, -0.15) is 0 Å². The maximum atomic E-state index is 5.60. The van der Waals surface area contributed by atoms with E-state index in [1.807, 2.05) is 10.8 Å². The molecule has 2 aromatic heterocycles. The van der Waals surface area contributed by atoms with Gasteiger partial charge in [0.25, 0.3) is 0 Å². The average molecular weight is 195 g/mol. The highest BCUT2D eigenvalue weighted by Crippen LogP contribution is 2.02. The molecule has 2 aromatic rings. The third-order valence-electron chi connectivity index (χ3n) is 1.58. The Bertz CT molecular complexity index is 368. The van der Waals surface area contributed by atoms with Crippen molar-refractivity contribution in [3.05, 3.63) is 42.0 Å². The van der Waals surface area contributed by atoms with E-state index in [2.05, 4.69) is 15.0 Å². The number of aromatic nitrogens is 4. The summed E-state index contributed by atoms with van der Waals surface area (Å²) in [5, 5.41) is 0.411. The minimum absolute atomic E-state index is 0.411. The van der Waals surface area contributed by atoms with Crippen LogP contribution in [0.25, 0.3) is 0 Å². The summed E-state index contributed by atoms with van der Waals surface area (Å²) in [7, 11) is 0. The van der Waals surface area contributed by atoms with E-state index in [1.165, 1.54) is 6.20 Å². The van der Waals surface area contributed by atoms with Crippen LogP contribution >= 0.6 is 11.6 Å². The second-order valence-corrected chi connectivity index (χ2v) is 2.95. The Kier molecular flexibility index (Phi) is 2.23. The molecule has 0 aliphatic rings. The van der Waals surface area contributed by atoms with Crippen LogP contribution in [0.15, 0.2) is 31.1 Å². The first-order valence-electron chi connectivity index (χ1n) is 3.77. The van der Waals surface area contributed by atoms with E-state index < -0.39 is 0 Å². The number of hydrogen-bond donors (Lipinski definition) is 0. The molecule has 0 saturated carbocycles. The van der Waals surface area contributed by atoms with Crippen LogP contribution in [0.5, 0.6) is 0 Å². The first kappa shape index (κ1) is 8.19. The number of nitrogens with zero attached hydrogens (tertiary/aromatic N) is 4. The van der Waals surface area contributed by atoms with Crippen molar-refractivity contribution in [2.45, 2.75) is 6.54 Å². The Morgan fingerprint density at radius 2 is 2.23 bits per heavy atom. The van der Waals surface area contributed by atoms with Gasteiger partial charge in [0.15, 0.2) is 0 Å². The first-order chi connectivity index (χ1) is 6.34. The summed E-state index contributed by atoms with van der Waals surface area (Å²) in [6.07, 6.45) is 8.52. The van der Waals surface area contributed by atoms with Gasteiger partial charge in [0, 0.05) is 12.4 Å². The monoisotopic (exact) mass is 194 g/mol. The van der Waals surface area contributed by atoms with Gasteiger partial charge in [-0.3, -0.25) is 4.98 Å². The van der Waals surface area contributed by atoms with Gasteiger partial charge in [0.05, 0.1) is 31.0 Å². The van der Waals surface area contributed by atoms with E-state index in [0.717, 1.165) is 5.69 Å². The second kappa shape index (κ2) is 3.53. The molecule has 0 aromatic carbocycles. The quantitative estimate of drug-likeness (QED) is 0.726. The van der Waals surface area contributed by atoms with E-state index in [1.54, 1.807) is 18.7 Å². The number of rotatable bonds is 2. The maximum Gasteiger partial charge on any atom is 0.147 e. The molecular weight excluding hydrogens is 188 g/mol. The Morgan fingerprint density at radius 1 is 1.31 bits per heavy atom. The number of halogens is 1. The highest BCUT2D eigenvalue weighted by molar-refractivity contribution is 6.29. The van der Waals surface area contributed by atoms with E-state index in [0.29, 0.717) is 11.7 Å². The van der Waals surface area contributed by atoms with Crippen LogP contribution < -0.4 is 0 Å². The van der Waals surface area contributed by atoms with Crippen LogP contribution in [-0.4, -0.2) is 19.5 Å². The normalized spacial score (nSPS) is 10.2. The lowest BCUT2D eigenvalue weighted by Gasteiger charge is -1.99. The molecule has 0 fully saturated rings. The van der Waals surface area contributed by atoms with Crippen molar-refractivity contribution in [1.29, 1.82) is 0 Å². The fraction of sp³-hybridized carbons (Fsp3) is 0.125. The van der Waals surface area contributed by atoms with Crippen LogP contribution in [0, 0.1) is 0 Å². The SMILES string of the molecule is Clc1cnc(Cn2ccnc2)cn1. The van der Waals surface area contributed by atoms with E-state index in [-0.39, 0.29) is 0 Å². The minimum atomic E-state index is 0.411. The van der Waals surface area contributed by atoms with Gasteiger partial charge < -0.3 is 4.57 Å². The van der Waals surface area contributed by atoms with Crippen molar-refractivity contribution >= 4 is 11.6 Å². The fourth-order valence-electron chi connectivity index (χ4n) is 0.988. The highest BCUT2D eigenvalue weighted by atomic mass is 35.5. The Morgan fingerprint density at radius 3 is 2.85 bits per heavy atom. The standard InChI is InChI=1S/C8H7ClN4/c9-8-4-11-7(3-12-8)5-13-2-1-10-6-13/h1-4,6H,5H2. The zero-order valence-electron chi connectivity index (χ0n) is 6.76. The topological polar surface area (TPSA) is 43.6 Å². The van der Waals surface area contributed by atoms with Crippen molar-refractivity contribution in [2.75, 3.05) is 0 Å². The lowest BCUT2D eigenvalue weighted by atomic mass is 10.4. The largest absolute Gasteiger partial charge is 0.331 e. The predicted molar refractivity (Wildman–Crippen MR) is 48.4 cm³/mol. The average Bonchev–Trinajstić information content (AvgIpc) is 2.62. The molecule has 0 aliphatic carbocycles. The molecule has 0 saturated heterocycles. The summed E-state index contributed by atoms with van der Waals surface area (Å²) in [6, 6.07) is 0. The van der Waals surface area contributed by atoms with Gasteiger partial charge in [0.2, 0.25) is 0 Å². The molecule has 0 amide bonds. The summed E-state index contributed by atoms with van der Waals surface area (Å²) in [5.41, 5.74) is 0.863. The maximum absolute atomic E-state index is 5.60. The molecule has 0 unspecified atom stereocenters. The van der Waals surface area contributed by atoms with Crippen LogP contribution in [0.4, 0.5) is 0 Å². The molecule has 13 heavy (non-hydrogen) atoms. The van der Waals surface area contributed by atoms with Crippen LogP contribution in [-0.2, 0) is 6.54 Å².